The second-order valence-corrected chi connectivity index (χ2v) is 6.13. The van der Waals surface area contributed by atoms with Gasteiger partial charge in [-0.3, -0.25) is 9.59 Å². The molecule has 1 atom stereocenters. The number of amides is 2. The molecule has 0 saturated carbocycles. The quantitative estimate of drug-likeness (QED) is 0.617. The number of phenols is 1. The smallest absolute Gasteiger partial charge is 0.416 e. The normalized spacial score (nSPS) is 11.9. The second kappa shape index (κ2) is 9.59. The van der Waals surface area contributed by atoms with Crippen molar-refractivity contribution in [3.05, 3.63) is 65.2 Å². The maximum Gasteiger partial charge on any atom is 0.416 e. The first-order chi connectivity index (χ1) is 13.7. The molecular formula is C20H18F3N3O3. The molecule has 0 fully saturated rings. The summed E-state index contributed by atoms with van der Waals surface area (Å²) in [6.45, 7) is -0.0657. The molecule has 2 amide bonds. The van der Waals surface area contributed by atoms with Crippen molar-refractivity contribution in [3.8, 4) is 11.8 Å². The summed E-state index contributed by atoms with van der Waals surface area (Å²) in [7, 11) is 0. The fourth-order valence-corrected chi connectivity index (χ4v) is 2.57. The van der Waals surface area contributed by atoms with E-state index in [2.05, 4.69) is 10.6 Å². The van der Waals surface area contributed by atoms with Crippen LogP contribution in [-0.4, -0.2) is 30.0 Å². The van der Waals surface area contributed by atoms with E-state index < -0.39 is 29.5 Å². The van der Waals surface area contributed by atoms with E-state index in [1.807, 2.05) is 6.07 Å². The highest BCUT2D eigenvalue weighted by molar-refractivity contribution is 5.95. The molecule has 0 saturated heterocycles. The van der Waals surface area contributed by atoms with E-state index in [1.165, 1.54) is 30.3 Å². The lowest BCUT2D eigenvalue weighted by molar-refractivity contribution is -0.137. The molecule has 1 unspecified atom stereocenters. The van der Waals surface area contributed by atoms with Crippen molar-refractivity contribution in [2.45, 2.75) is 18.5 Å². The molecule has 0 heterocycles. The predicted octanol–water partition coefficient (Wildman–Crippen LogP) is 2.95. The monoisotopic (exact) mass is 405 g/mol. The van der Waals surface area contributed by atoms with Crippen LogP contribution in [0, 0.1) is 11.3 Å². The van der Waals surface area contributed by atoms with Gasteiger partial charge in [0.15, 0.2) is 0 Å². The van der Waals surface area contributed by atoms with Crippen molar-refractivity contribution in [3.63, 3.8) is 0 Å². The molecule has 0 bridgehead atoms. The molecule has 2 rings (SSSR count). The number of carbonyl (C=O) groups is 2. The number of carbonyl (C=O) groups excluding carboxylic acids is 2. The number of benzene rings is 2. The van der Waals surface area contributed by atoms with Gasteiger partial charge in [-0.05, 0) is 35.9 Å². The summed E-state index contributed by atoms with van der Waals surface area (Å²) in [5.74, 6) is -2.09. The third-order valence-corrected chi connectivity index (χ3v) is 4.07. The van der Waals surface area contributed by atoms with Gasteiger partial charge in [0.05, 0.1) is 24.0 Å². The fourth-order valence-electron chi connectivity index (χ4n) is 2.57. The summed E-state index contributed by atoms with van der Waals surface area (Å²) in [6, 6.07) is 11.6. The van der Waals surface area contributed by atoms with Crippen LogP contribution in [0.1, 0.15) is 33.8 Å². The van der Waals surface area contributed by atoms with Crippen molar-refractivity contribution in [2.75, 3.05) is 13.1 Å². The van der Waals surface area contributed by atoms with Gasteiger partial charge in [-0.1, -0.05) is 18.2 Å². The Kier molecular flexibility index (Phi) is 7.20. The molecule has 3 N–H and O–H groups in total. The van der Waals surface area contributed by atoms with E-state index in [4.69, 9.17) is 5.26 Å². The Morgan fingerprint density at radius 3 is 2.41 bits per heavy atom. The molecule has 29 heavy (non-hydrogen) atoms. The standard InChI is InChI=1S/C20H18F3N3O3/c21-20(22,23)15-4-1-3-14(11-15)18(28)26-12-17(19(29)25-10-2-9-24)13-5-7-16(27)8-6-13/h1,3-8,11,17,27H,2,10,12H2,(H,25,29)(H,26,28). The molecule has 6 nitrogen and oxygen atoms in total. The van der Waals surface area contributed by atoms with Crippen molar-refractivity contribution in [1.29, 1.82) is 5.26 Å². The largest absolute Gasteiger partial charge is 0.508 e. The number of aromatic hydroxyl groups is 1. The van der Waals surface area contributed by atoms with Gasteiger partial charge in [-0.2, -0.15) is 18.4 Å². The van der Waals surface area contributed by atoms with Gasteiger partial charge in [0, 0.05) is 18.7 Å². The number of rotatable bonds is 7. The van der Waals surface area contributed by atoms with Gasteiger partial charge in [-0.15, -0.1) is 0 Å². The van der Waals surface area contributed by atoms with Crippen LogP contribution < -0.4 is 10.6 Å². The second-order valence-electron chi connectivity index (χ2n) is 6.13. The number of hydrogen-bond donors (Lipinski definition) is 3. The van der Waals surface area contributed by atoms with E-state index in [1.54, 1.807) is 0 Å². The third-order valence-electron chi connectivity index (χ3n) is 4.07. The molecule has 0 aromatic heterocycles. The van der Waals surface area contributed by atoms with Gasteiger partial charge >= 0.3 is 6.18 Å². The summed E-state index contributed by atoms with van der Waals surface area (Å²) in [5, 5.41) is 23.0. The first-order valence-electron chi connectivity index (χ1n) is 8.61. The van der Waals surface area contributed by atoms with Gasteiger partial charge in [0.25, 0.3) is 5.91 Å². The Balaban J connectivity index is 2.14. The minimum absolute atomic E-state index is 0.00890. The number of nitrogens with zero attached hydrogens (tertiary/aromatic N) is 1. The van der Waals surface area contributed by atoms with Crippen LogP contribution in [0.5, 0.6) is 5.75 Å². The molecule has 0 spiro atoms. The number of nitrogens with one attached hydrogen (secondary N) is 2. The van der Waals surface area contributed by atoms with Crippen LogP contribution in [0.4, 0.5) is 13.2 Å². The maximum atomic E-state index is 12.8. The Morgan fingerprint density at radius 2 is 1.79 bits per heavy atom. The highest BCUT2D eigenvalue weighted by atomic mass is 19.4. The van der Waals surface area contributed by atoms with Gasteiger partial charge in [0.2, 0.25) is 5.91 Å². The minimum Gasteiger partial charge on any atom is -0.508 e. The highest BCUT2D eigenvalue weighted by Crippen LogP contribution is 2.29. The molecule has 0 aliphatic carbocycles. The Morgan fingerprint density at radius 1 is 1.10 bits per heavy atom. The zero-order valence-corrected chi connectivity index (χ0v) is 15.2. The number of nitriles is 1. The molecule has 0 radical (unpaired) electrons. The van der Waals surface area contributed by atoms with Crippen molar-refractivity contribution in [2.24, 2.45) is 0 Å². The Hall–Kier alpha value is -3.54. The highest BCUT2D eigenvalue weighted by Gasteiger charge is 2.31. The van der Waals surface area contributed by atoms with E-state index in [-0.39, 0.29) is 30.8 Å². The van der Waals surface area contributed by atoms with Crippen LogP contribution in [-0.2, 0) is 11.0 Å². The Bertz CT molecular complexity index is 906. The van der Waals surface area contributed by atoms with Gasteiger partial charge in [-0.25, -0.2) is 0 Å². The SMILES string of the molecule is N#CCCNC(=O)C(CNC(=O)c1cccc(C(F)(F)F)c1)c1ccc(O)cc1. The van der Waals surface area contributed by atoms with Crippen LogP contribution in [0.3, 0.4) is 0 Å². The molecular weight excluding hydrogens is 387 g/mol. The topological polar surface area (TPSA) is 102 Å². The minimum atomic E-state index is -4.58. The molecule has 0 aliphatic rings. The van der Waals surface area contributed by atoms with Crippen molar-refractivity contribution < 1.29 is 27.9 Å². The predicted molar refractivity (Wildman–Crippen MR) is 97.9 cm³/mol. The van der Waals surface area contributed by atoms with Crippen molar-refractivity contribution >= 4 is 11.8 Å². The Labute approximate surface area is 165 Å². The zero-order valence-electron chi connectivity index (χ0n) is 15.2. The first-order valence-corrected chi connectivity index (χ1v) is 8.61. The summed E-state index contributed by atoms with van der Waals surface area (Å²) < 4.78 is 38.5. The van der Waals surface area contributed by atoms with Crippen LogP contribution in [0.25, 0.3) is 0 Å². The van der Waals surface area contributed by atoms with Crippen LogP contribution in [0.2, 0.25) is 0 Å². The first kappa shape index (κ1) is 21.8. The molecule has 2 aromatic rings. The van der Waals surface area contributed by atoms with Gasteiger partial charge in [0.1, 0.15) is 5.75 Å². The number of halogens is 3. The fraction of sp³-hybridized carbons (Fsp3) is 0.250. The van der Waals surface area contributed by atoms with E-state index >= 15 is 0 Å². The maximum absolute atomic E-state index is 12.8. The number of alkyl halides is 3. The average molecular weight is 405 g/mol. The lowest BCUT2D eigenvalue weighted by Crippen LogP contribution is -2.37. The molecule has 152 valence electrons. The third kappa shape index (κ3) is 6.24. The summed E-state index contributed by atoms with van der Waals surface area (Å²) in [6.07, 6.45) is -4.48. The van der Waals surface area contributed by atoms with E-state index in [0.29, 0.717) is 5.56 Å². The lowest BCUT2D eigenvalue weighted by Gasteiger charge is -2.18. The molecule has 2 aromatic carbocycles. The lowest BCUT2D eigenvalue weighted by atomic mass is 9.97. The van der Waals surface area contributed by atoms with Crippen LogP contribution >= 0.6 is 0 Å². The van der Waals surface area contributed by atoms with Gasteiger partial charge < -0.3 is 15.7 Å². The van der Waals surface area contributed by atoms with Crippen LogP contribution in [0.15, 0.2) is 48.5 Å². The summed E-state index contributed by atoms with van der Waals surface area (Å²) in [4.78, 5) is 24.8. The van der Waals surface area contributed by atoms with E-state index in [0.717, 1.165) is 18.2 Å². The van der Waals surface area contributed by atoms with Crippen molar-refractivity contribution in [1.82, 2.24) is 10.6 Å². The molecule has 9 heteroatoms. The number of phenolic OH excluding ortho intramolecular Hbond substituents is 1. The summed E-state index contributed by atoms with van der Waals surface area (Å²) >= 11 is 0. The van der Waals surface area contributed by atoms with E-state index in [9.17, 15) is 27.9 Å². The number of hydrogen-bond acceptors (Lipinski definition) is 4. The zero-order chi connectivity index (χ0) is 21.4. The average Bonchev–Trinajstić information content (AvgIpc) is 2.69. The summed E-state index contributed by atoms with van der Waals surface area (Å²) in [5.41, 5.74) is -0.648. The molecule has 0 aliphatic heterocycles.